The van der Waals surface area contributed by atoms with Crippen LogP contribution in [0.25, 0.3) is 33.8 Å². The predicted octanol–water partition coefficient (Wildman–Crippen LogP) is 6.27. The van der Waals surface area contributed by atoms with Crippen LogP contribution >= 0.6 is 0 Å². The summed E-state index contributed by atoms with van der Waals surface area (Å²) in [6, 6.07) is 16.8. The highest BCUT2D eigenvalue weighted by Crippen LogP contribution is 2.33. The number of aromatic nitrogens is 4. The lowest BCUT2D eigenvalue weighted by Gasteiger charge is -2.19. The van der Waals surface area contributed by atoms with E-state index in [1.807, 2.05) is 45.0 Å². The maximum Gasteiger partial charge on any atom is 0.192 e. The van der Waals surface area contributed by atoms with Gasteiger partial charge in [-0.2, -0.15) is 0 Å². The second-order valence-electron chi connectivity index (χ2n) is 11.2. The number of pyridine rings is 2. The zero-order valence-corrected chi connectivity index (χ0v) is 27.1. The Balaban J connectivity index is 0.000000713. The number of benzene rings is 1. The molecule has 8 nitrogen and oxygen atoms in total. The number of carbonyl (C=O) groups excluding carboxylic acids is 1. The number of hydrogen-bond acceptors (Lipinski definition) is 7. The van der Waals surface area contributed by atoms with Crippen molar-refractivity contribution in [2.45, 2.75) is 40.7 Å². The number of carbonyl (C=O) groups is 1. The number of allylic oxidation sites excluding steroid dienone is 4. The van der Waals surface area contributed by atoms with Crippen LogP contribution in [0, 0.1) is 24.2 Å². The number of nitrogens with zero attached hydrogens (tertiary/aromatic N) is 6. The van der Waals surface area contributed by atoms with Crippen molar-refractivity contribution in [1.29, 1.82) is 0 Å². The monoisotopic (exact) mass is 603 g/mol. The standard InChI is InChI=1S/C32H37N7.C3H2O.C2H6/c1-4-7-23(8-5-2)28-14-15-29-32(35-28)39(31(36-29)27-9-6-16-34-30(27)33)26-12-10-22(11-13-26)17-38-20-24-18-37(3)19-25(24)21-38;1-2-3-4;1-2/h4,6-16,24-25H,5,17-21H2,1-3H3,(H2,33,34);1,3H;1-2H3/b7-4-,23-8+;;. The zero-order valence-electron chi connectivity index (χ0n) is 27.1. The second kappa shape index (κ2) is 15.9. The summed E-state index contributed by atoms with van der Waals surface area (Å²) in [7, 11) is 2.24. The van der Waals surface area contributed by atoms with Gasteiger partial charge >= 0.3 is 0 Å². The molecule has 5 heterocycles. The third-order valence-electron chi connectivity index (χ3n) is 8.06. The molecule has 2 N–H and O–H groups in total. The summed E-state index contributed by atoms with van der Waals surface area (Å²) in [4.78, 5) is 28.5. The van der Waals surface area contributed by atoms with Crippen LogP contribution in [0.15, 0.2) is 73.0 Å². The first-order valence-corrected chi connectivity index (χ1v) is 15.8. The van der Waals surface area contributed by atoms with E-state index >= 15 is 0 Å². The number of rotatable bonds is 7. The number of aldehydes is 1. The number of terminal acetylenes is 1. The van der Waals surface area contributed by atoms with Crippen LogP contribution in [0.3, 0.4) is 0 Å². The lowest BCUT2D eigenvalue weighted by atomic mass is 10.0. The van der Waals surface area contributed by atoms with Gasteiger partial charge in [0.2, 0.25) is 0 Å². The molecule has 2 saturated heterocycles. The maximum atomic E-state index is 8.94. The van der Waals surface area contributed by atoms with Crippen LogP contribution in [0.5, 0.6) is 0 Å². The summed E-state index contributed by atoms with van der Waals surface area (Å²) >= 11 is 0. The van der Waals surface area contributed by atoms with Crippen LogP contribution in [0.1, 0.15) is 45.4 Å². The molecule has 0 amide bonds. The van der Waals surface area contributed by atoms with Gasteiger partial charge in [-0.05, 0) is 85.7 Å². The summed E-state index contributed by atoms with van der Waals surface area (Å²) in [5.74, 6) is 4.58. The number of hydrogen-bond donors (Lipinski definition) is 1. The minimum absolute atomic E-state index is 0.403. The topological polar surface area (TPSA) is 93.2 Å². The normalized spacial score (nSPS) is 18.2. The lowest BCUT2D eigenvalue weighted by Crippen LogP contribution is -2.26. The van der Waals surface area contributed by atoms with E-state index in [1.165, 1.54) is 31.7 Å². The Kier molecular flexibility index (Phi) is 11.8. The van der Waals surface area contributed by atoms with Gasteiger partial charge in [-0.15, -0.1) is 6.42 Å². The lowest BCUT2D eigenvalue weighted by molar-refractivity contribution is -0.103. The molecule has 0 spiro atoms. The van der Waals surface area contributed by atoms with Gasteiger partial charge in [0.15, 0.2) is 17.8 Å². The smallest absolute Gasteiger partial charge is 0.192 e. The molecule has 2 fully saturated rings. The summed E-state index contributed by atoms with van der Waals surface area (Å²) in [5.41, 5.74) is 13.1. The summed E-state index contributed by atoms with van der Waals surface area (Å²) < 4.78 is 2.12. The van der Waals surface area contributed by atoms with Gasteiger partial charge in [-0.25, -0.2) is 15.0 Å². The predicted molar refractivity (Wildman–Crippen MR) is 186 cm³/mol. The van der Waals surface area contributed by atoms with E-state index < -0.39 is 0 Å². The SMILES string of the molecule is C#CC=O.C/C=C\C(=C/CC)c1ccc2nc(-c3cccnc3N)n(-c3ccc(CN4CC5CN(C)CC5C4)cc3)c2n1.CC. The molecule has 0 radical (unpaired) electrons. The van der Waals surface area contributed by atoms with Gasteiger partial charge in [0.05, 0.1) is 11.3 Å². The van der Waals surface area contributed by atoms with E-state index in [-0.39, 0.29) is 0 Å². The minimum atomic E-state index is 0.403. The van der Waals surface area contributed by atoms with Gasteiger partial charge in [0, 0.05) is 44.6 Å². The van der Waals surface area contributed by atoms with E-state index in [0.29, 0.717) is 12.1 Å². The van der Waals surface area contributed by atoms with Crippen LogP contribution in [0.2, 0.25) is 0 Å². The van der Waals surface area contributed by atoms with E-state index in [2.05, 4.69) is 82.2 Å². The van der Waals surface area contributed by atoms with Crippen molar-refractivity contribution >= 4 is 28.8 Å². The van der Waals surface area contributed by atoms with E-state index in [9.17, 15) is 0 Å². The van der Waals surface area contributed by atoms with Crippen LogP contribution < -0.4 is 5.73 Å². The Morgan fingerprint density at radius 1 is 1.04 bits per heavy atom. The highest BCUT2D eigenvalue weighted by molar-refractivity contribution is 5.85. The molecule has 0 bridgehead atoms. The van der Waals surface area contributed by atoms with Gasteiger partial charge in [0.25, 0.3) is 0 Å². The van der Waals surface area contributed by atoms with Crippen molar-refractivity contribution in [3.8, 4) is 29.4 Å². The number of fused-ring (bicyclic) bond motifs is 2. The van der Waals surface area contributed by atoms with Crippen molar-refractivity contribution in [2.24, 2.45) is 11.8 Å². The summed E-state index contributed by atoms with van der Waals surface area (Å²) in [6.07, 6.45) is 13.8. The van der Waals surface area contributed by atoms with Crippen molar-refractivity contribution in [1.82, 2.24) is 29.3 Å². The molecule has 234 valence electrons. The van der Waals surface area contributed by atoms with Gasteiger partial charge in [-0.3, -0.25) is 14.3 Å². The first kappa shape index (κ1) is 33.3. The molecular formula is C37H45N7O. The molecule has 0 aliphatic carbocycles. The summed E-state index contributed by atoms with van der Waals surface area (Å²) in [5, 5.41) is 0. The fourth-order valence-electron chi connectivity index (χ4n) is 6.27. The molecule has 2 atom stereocenters. The van der Waals surface area contributed by atoms with Gasteiger partial charge < -0.3 is 10.6 Å². The summed E-state index contributed by atoms with van der Waals surface area (Å²) in [6.45, 7) is 14.0. The maximum absolute atomic E-state index is 8.94. The molecular weight excluding hydrogens is 558 g/mol. The van der Waals surface area contributed by atoms with Crippen LogP contribution in [-0.4, -0.2) is 68.8 Å². The first-order chi connectivity index (χ1) is 21.9. The van der Waals surface area contributed by atoms with Crippen molar-refractivity contribution in [2.75, 3.05) is 39.0 Å². The highest BCUT2D eigenvalue weighted by Gasteiger charge is 2.38. The Hall–Kier alpha value is -4.58. The third-order valence-corrected chi connectivity index (χ3v) is 8.06. The second-order valence-corrected chi connectivity index (χ2v) is 11.2. The average molecular weight is 604 g/mol. The van der Waals surface area contributed by atoms with Gasteiger partial charge in [-0.1, -0.05) is 51.1 Å². The van der Waals surface area contributed by atoms with Gasteiger partial charge in [0.1, 0.15) is 11.3 Å². The number of imidazole rings is 1. The fourth-order valence-corrected chi connectivity index (χ4v) is 6.27. The molecule has 6 rings (SSSR count). The number of anilines is 1. The zero-order chi connectivity index (χ0) is 32.3. The minimum Gasteiger partial charge on any atom is -0.383 e. The van der Waals surface area contributed by atoms with E-state index in [1.54, 1.807) is 12.1 Å². The molecule has 0 saturated carbocycles. The highest BCUT2D eigenvalue weighted by atomic mass is 16.1. The Morgan fingerprint density at radius 2 is 1.73 bits per heavy atom. The molecule has 4 aromatic rings. The van der Waals surface area contributed by atoms with Crippen molar-refractivity contribution in [3.05, 3.63) is 84.2 Å². The molecule has 2 unspecified atom stereocenters. The number of nitrogens with two attached hydrogens (primary N) is 1. The molecule has 45 heavy (non-hydrogen) atoms. The number of nitrogen functional groups attached to an aromatic ring is 1. The number of likely N-dealkylation sites (tertiary alicyclic amines) is 2. The Bertz CT molecular complexity index is 1670. The average Bonchev–Trinajstić information content (AvgIpc) is 3.73. The molecule has 3 aromatic heterocycles. The molecule has 8 heteroatoms. The quantitative estimate of drug-likeness (QED) is 0.151. The molecule has 2 aliphatic rings. The Labute approximate surface area is 267 Å². The van der Waals surface area contributed by atoms with Crippen LogP contribution in [0.4, 0.5) is 5.82 Å². The van der Waals surface area contributed by atoms with E-state index in [4.69, 9.17) is 20.5 Å². The van der Waals surface area contributed by atoms with E-state index in [0.717, 1.165) is 64.3 Å². The molecule has 2 aliphatic heterocycles. The van der Waals surface area contributed by atoms with Crippen molar-refractivity contribution in [3.63, 3.8) is 0 Å². The third kappa shape index (κ3) is 7.75. The largest absolute Gasteiger partial charge is 0.383 e. The molecule has 1 aromatic carbocycles. The van der Waals surface area contributed by atoms with Crippen LogP contribution in [-0.2, 0) is 11.3 Å². The Morgan fingerprint density at radius 3 is 2.33 bits per heavy atom. The van der Waals surface area contributed by atoms with Crippen molar-refractivity contribution < 1.29 is 4.79 Å². The fraction of sp³-hybridized carbons (Fsp3) is 0.351. The first-order valence-electron chi connectivity index (χ1n) is 15.8.